The van der Waals surface area contributed by atoms with Crippen LogP contribution in [-0.2, 0) is 6.18 Å². The Bertz CT molecular complexity index is 938. The lowest BCUT2D eigenvalue weighted by molar-refractivity contribution is -0.140. The van der Waals surface area contributed by atoms with Crippen molar-refractivity contribution in [2.24, 2.45) is 0 Å². The van der Waals surface area contributed by atoms with Crippen molar-refractivity contribution in [2.75, 3.05) is 18.0 Å². The van der Waals surface area contributed by atoms with E-state index in [1.54, 1.807) is 6.33 Å². The van der Waals surface area contributed by atoms with E-state index >= 15 is 0 Å². The molecule has 0 aliphatic carbocycles. The van der Waals surface area contributed by atoms with Crippen LogP contribution in [0.15, 0.2) is 29.9 Å². The monoisotopic (exact) mass is 378 g/mol. The number of para-hydroxylation sites is 1. The molecule has 1 aliphatic rings. The number of fused-ring (bicyclic) bond motifs is 1. The molecule has 1 aromatic carbocycles. The smallest absolute Gasteiger partial charge is 0.355 e. The van der Waals surface area contributed by atoms with Crippen LogP contribution < -0.4 is 4.90 Å². The molecule has 1 saturated heterocycles. The molecule has 0 bridgehead atoms. The Morgan fingerprint density at radius 3 is 2.85 bits per heavy atom. The SMILES string of the molecule is Cc1cccc2c(N3CCCC(c4nc(C(F)(F)F)cs4)C3)ncnc12. The Hall–Kier alpha value is -2.22. The van der Waals surface area contributed by atoms with Gasteiger partial charge < -0.3 is 4.90 Å². The van der Waals surface area contributed by atoms with Crippen molar-refractivity contribution < 1.29 is 13.2 Å². The van der Waals surface area contributed by atoms with Crippen LogP contribution in [0.1, 0.15) is 35.0 Å². The fourth-order valence-corrected chi connectivity index (χ4v) is 4.40. The summed E-state index contributed by atoms with van der Waals surface area (Å²) in [5.74, 6) is 0.829. The number of hydrogen-bond acceptors (Lipinski definition) is 5. The fraction of sp³-hybridized carbons (Fsp3) is 0.389. The first-order chi connectivity index (χ1) is 12.4. The van der Waals surface area contributed by atoms with Crippen molar-refractivity contribution in [2.45, 2.75) is 31.9 Å². The molecule has 0 amide bonds. The summed E-state index contributed by atoms with van der Waals surface area (Å²) in [6.45, 7) is 3.45. The normalized spacial score (nSPS) is 18.5. The van der Waals surface area contributed by atoms with E-state index < -0.39 is 11.9 Å². The number of aromatic nitrogens is 3. The minimum atomic E-state index is -4.39. The molecule has 3 heterocycles. The third kappa shape index (κ3) is 3.13. The Balaban J connectivity index is 1.64. The van der Waals surface area contributed by atoms with E-state index in [-0.39, 0.29) is 5.92 Å². The van der Waals surface area contributed by atoms with Crippen LogP contribution in [0.3, 0.4) is 0 Å². The summed E-state index contributed by atoms with van der Waals surface area (Å²) in [6, 6.07) is 5.97. The quantitative estimate of drug-likeness (QED) is 0.643. The largest absolute Gasteiger partial charge is 0.434 e. The Morgan fingerprint density at radius 2 is 2.08 bits per heavy atom. The van der Waals surface area contributed by atoms with Gasteiger partial charge in [0, 0.05) is 29.8 Å². The highest BCUT2D eigenvalue weighted by molar-refractivity contribution is 7.09. The first-order valence-electron chi connectivity index (χ1n) is 8.41. The van der Waals surface area contributed by atoms with Gasteiger partial charge in [-0.25, -0.2) is 15.0 Å². The summed E-state index contributed by atoms with van der Waals surface area (Å²) in [5, 5.41) is 2.64. The zero-order valence-electron chi connectivity index (χ0n) is 14.1. The van der Waals surface area contributed by atoms with Gasteiger partial charge in [0.2, 0.25) is 0 Å². The molecule has 0 N–H and O–H groups in total. The summed E-state index contributed by atoms with van der Waals surface area (Å²) in [5.41, 5.74) is 1.19. The highest BCUT2D eigenvalue weighted by Crippen LogP contribution is 2.36. The van der Waals surface area contributed by atoms with E-state index in [4.69, 9.17) is 0 Å². The molecule has 4 nitrogen and oxygen atoms in total. The van der Waals surface area contributed by atoms with Gasteiger partial charge in [-0.3, -0.25) is 0 Å². The zero-order chi connectivity index (χ0) is 18.3. The van der Waals surface area contributed by atoms with Crippen LogP contribution in [-0.4, -0.2) is 28.0 Å². The molecule has 1 atom stereocenters. The third-order valence-electron chi connectivity index (χ3n) is 4.73. The lowest BCUT2D eigenvalue weighted by Gasteiger charge is -2.33. The summed E-state index contributed by atoms with van der Waals surface area (Å²) in [7, 11) is 0. The minimum absolute atomic E-state index is 0.0142. The standard InChI is InChI=1S/C18H17F3N4S/c1-11-4-2-6-13-15(11)22-10-23-16(13)25-7-3-5-12(8-25)17-24-14(9-26-17)18(19,20)21/h2,4,6,9-10,12H,3,5,7-8H2,1H3. The Labute approximate surface area is 152 Å². The van der Waals surface area contributed by atoms with E-state index in [9.17, 15) is 13.2 Å². The molecule has 3 aromatic rings. The Morgan fingerprint density at radius 1 is 1.23 bits per heavy atom. The molecule has 0 radical (unpaired) electrons. The van der Waals surface area contributed by atoms with Crippen molar-refractivity contribution in [3.05, 3.63) is 46.2 Å². The van der Waals surface area contributed by atoms with E-state index in [0.717, 1.165) is 58.4 Å². The van der Waals surface area contributed by atoms with Gasteiger partial charge in [-0.1, -0.05) is 12.1 Å². The molecule has 0 saturated carbocycles. The lowest BCUT2D eigenvalue weighted by atomic mass is 9.98. The highest BCUT2D eigenvalue weighted by atomic mass is 32.1. The van der Waals surface area contributed by atoms with Crippen molar-refractivity contribution in [1.82, 2.24) is 15.0 Å². The zero-order valence-corrected chi connectivity index (χ0v) is 14.9. The molecule has 0 spiro atoms. The lowest BCUT2D eigenvalue weighted by Crippen LogP contribution is -2.35. The van der Waals surface area contributed by atoms with Gasteiger partial charge in [0.1, 0.15) is 12.1 Å². The highest BCUT2D eigenvalue weighted by Gasteiger charge is 2.35. The van der Waals surface area contributed by atoms with Crippen LogP contribution in [0, 0.1) is 6.92 Å². The second kappa shape index (κ2) is 6.50. The predicted octanol–water partition coefficient (Wildman–Crippen LogP) is 4.80. The first-order valence-corrected chi connectivity index (χ1v) is 9.29. The van der Waals surface area contributed by atoms with Crippen LogP contribution in [0.5, 0.6) is 0 Å². The minimum Gasteiger partial charge on any atom is -0.355 e. The van der Waals surface area contributed by atoms with Crippen molar-refractivity contribution in [3.63, 3.8) is 0 Å². The maximum Gasteiger partial charge on any atom is 0.434 e. The number of rotatable bonds is 2. The predicted molar refractivity (Wildman–Crippen MR) is 95.6 cm³/mol. The van der Waals surface area contributed by atoms with E-state index in [0.29, 0.717) is 11.6 Å². The van der Waals surface area contributed by atoms with Crippen LogP contribution in [0.25, 0.3) is 10.9 Å². The van der Waals surface area contributed by atoms with Crippen LogP contribution in [0.4, 0.5) is 19.0 Å². The van der Waals surface area contributed by atoms with Gasteiger partial charge in [0.15, 0.2) is 5.69 Å². The maximum atomic E-state index is 12.8. The number of anilines is 1. The third-order valence-corrected chi connectivity index (χ3v) is 5.74. The molecular formula is C18H17F3N4S. The summed E-state index contributed by atoms with van der Waals surface area (Å²) < 4.78 is 38.5. The number of halogens is 3. The van der Waals surface area contributed by atoms with E-state index in [1.165, 1.54) is 0 Å². The second-order valence-corrected chi connectivity index (χ2v) is 7.41. The first kappa shape index (κ1) is 17.2. The number of benzene rings is 1. The molecule has 136 valence electrons. The van der Waals surface area contributed by atoms with E-state index in [1.807, 2.05) is 25.1 Å². The van der Waals surface area contributed by atoms with Gasteiger partial charge in [-0.05, 0) is 31.4 Å². The van der Waals surface area contributed by atoms with Gasteiger partial charge in [0.05, 0.1) is 10.5 Å². The second-order valence-electron chi connectivity index (χ2n) is 6.52. The average molecular weight is 378 g/mol. The summed E-state index contributed by atoms with van der Waals surface area (Å²) in [4.78, 5) is 14.8. The maximum absolute atomic E-state index is 12.8. The van der Waals surface area contributed by atoms with Gasteiger partial charge >= 0.3 is 6.18 Å². The Kier molecular flexibility index (Phi) is 4.30. The molecule has 1 fully saturated rings. The van der Waals surface area contributed by atoms with Gasteiger partial charge in [-0.15, -0.1) is 11.3 Å². The molecule has 4 rings (SSSR count). The average Bonchev–Trinajstić information content (AvgIpc) is 3.12. The number of nitrogens with zero attached hydrogens (tertiary/aromatic N) is 4. The van der Waals surface area contributed by atoms with Gasteiger partial charge in [-0.2, -0.15) is 13.2 Å². The number of aryl methyl sites for hydroxylation is 1. The number of thiazole rings is 1. The molecule has 1 aliphatic heterocycles. The molecule has 8 heteroatoms. The molecular weight excluding hydrogens is 361 g/mol. The fourth-order valence-electron chi connectivity index (χ4n) is 3.45. The van der Waals surface area contributed by atoms with Gasteiger partial charge in [0.25, 0.3) is 0 Å². The summed E-state index contributed by atoms with van der Waals surface area (Å²) >= 11 is 1.10. The molecule has 26 heavy (non-hydrogen) atoms. The number of hydrogen-bond donors (Lipinski definition) is 0. The molecule has 1 unspecified atom stereocenters. The van der Waals surface area contributed by atoms with Crippen LogP contribution >= 0.6 is 11.3 Å². The molecule has 2 aromatic heterocycles. The van der Waals surface area contributed by atoms with E-state index in [2.05, 4.69) is 19.9 Å². The van der Waals surface area contributed by atoms with Crippen molar-refractivity contribution >= 4 is 28.1 Å². The number of alkyl halides is 3. The van der Waals surface area contributed by atoms with Crippen molar-refractivity contribution in [3.8, 4) is 0 Å². The topological polar surface area (TPSA) is 41.9 Å². The van der Waals surface area contributed by atoms with Crippen LogP contribution in [0.2, 0.25) is 0 Å². The number of piperidine rings is 1. The van der Waals surface area contributed by atoms with Crippen molar-refractivity contribution in [1.29, 1.82) is 0 Å². The summed E-state index contributed by atoms with van der Waals surface area (Å²) in [6.07, 6.45) is -1.10.